The standard InChI is InChI=1S/C45H27N5.C44H28N4.C43H27N5/c46-28-29-18-20-30(21-19-29)34-23-24-38-40(27-34)47-42(39-25-22-31-10-7-8-17-37(31)41(38)39)35-15-9-16-36(26-35)45-49-43(32-11-3-1-4-12-32)48-44(50-45)33-13-5-2-6-14-33;1-4-13-29(14-5-1)33-24-25-37-39(28-33)45-41(38-26-23-30-15-10-11-22-36(30)40(37)38)34-20-12-21-35(27-34)44-47-42(31-16-6-2-7-17-31)46-43(48-44)32-18-8-3-9-19-32;1-3-12-29(13-4-1)41-46-42(30-14-5-2-6-15-30)48-43(47-41)33-17-9-16-32(25-33)40-37-23-20-28-11-7-8-19-35(28)39(37)36-22-21-31(26-38(36)45-40)34-18-10-24-44-27-34/h1-27H;1-28H;1-27H. The van der Waals surface area contributed by atoms with Gasteiger partial charge in [0, 0.05) is 133 Å². The first kappa shape index (κ1) is 87.4. The predicted octanol–water partition coefficient (Wildman–Crippen LogP) is 32.5. The Morgan fingerprint density at radius 1 is 0.151 bits per heavy atom. The maximum absolute atomic E-state index is 9.32. The van der Waals surface area contributed by atoms with Crippen molar-refractivity contribution in [2.24, 2.45) is 0 Å². The fraction of sp³-hybridized carbons (Fsp3) is 0. The van der Waals surface area contributed by atoms with Crippen molar-refractivity contribution in [1.29, 1.82) is 5.26 Å². The van der Waals surface area contributed by atoms with Gasteiger partial charge in [-0.05, 0) is 115 Å². The molecule has 0 aliphatic carbocycles. The highest BCUT2D eigenvalue weighted by Crippen LogP contribution is 2.45. The summed E-state index contributed by atoms with van der Waals surface area (Å²) in [6, 6.07) is 168. The van der Waals surface area contributed by atoms with E-state index in [1.54, 1.807) is 6.20 Å². The van der Waals surface area contributed by atoms with Gasteiger partial charge in [-0.15, -0.1) is 0 Å². The van der Waals surface area contributed by atoms with Gasteiger partial charge in [-0.25, -0.2) is 59.8 Å². The zero-order valence-corrected chi connectivity index (χ0v) is 78.6. The molecule has 0 unspecified atom stereocenters. The molecule has 0 aliphatic rings. The average Bonchev–Trinajstić information content (AvgIpc) is 0.741. The maximum Gasteiger partial charge on any atom is 0.164 e. The van der Waals surface area contributed by atoms with Crippen LogP contribution in [0.15, 0.2) is 498 Å². The molecule has 27 rings (SSSR count). The van der Waals surface area contributed by atoms with E-state index in [1.807, 2.05) is 237 Å². The van der Waals surface area contributed by atoms with Gasteiger partial charge >= 0.3 is 0 Å². The molecule has 0 saturated carbocycles. The lowest BCUT2D eigenvalue weighted by molar-refractivity contribution is 1.07. The molecule has 680 valence electrons. The lowest BCUT2D eigenvalue weighted by Gasteiger charge is -2.14. The number of nitriles is 1. The van der Waals surface area contributed by atoms with Crippen molar-refractivity contribution in [3.05, 3.63) is 503 Å². The molecule has 0 aliphatic heterocycles. The molecule has 14 nitrogen and oxygen atoms in total. The van der Waals surface area contributed by atoms with Gasteiger partial charge in [-0.2, -0.15) is 5.26 Å². The first-order chi connectivity index (χ1) is 72.3. The fourth-order valence-electron chi connectivity index (χ4n) is 19.7. The second-order valence-corrected chi connectivity index (χ2v) is 35.9. The summed E-state index contributed by atoms with van der Waals surface area (Å²) < 4.78 is 0. The van der Waals surface area contributed by atoms with Crippen molar-refractivity contribution in [2.75, 3.05) is 0 Å². The Bertz CT molecular complexity index is 9190. The van der Waals surface area contributed by atoms with Gasteiger partial charge in [0.1, 0.15) is 0 Å². The largest absolute Gasteiger partial charge is 0.264 e. The minimum absolute atomic E-state index is 0.596. The highest BCUT2D eigenvalue weighted by atomic mass is 15.1. The SMILES string of the molecule is N#Cc1ccc(-c2ccc3c(c2)nc(-c2cccc(-c4nc(-c5ccccc5)nc(-c5ccccc5)n4)c2)c2ccc4ccccc4c23)cc1.c1ccc(-c2ccc3c(c2)nc(-c2cccc(-c4nc(-c5ccccc5)nc(-c5ccccc5)n4)c2)c2ccc4ccccc4c23)cc1.c1ccc(-c2nc(-c3ccccc3)nc(-c3cccc(-c4nc5cc(-c6cccnc6)ccc5c5c4ccc4ccccc45)c3)n2)cc1. The van der Waals surface area contributed by atoms with E-state index in [0.717, 1.165) is 166 Å². The van der Waals surface area contributed by atoms with Crippen LogP contribution < -0.4 is 0 Å². The van der Waals surface area contributed by atoms with E-state index in [4.69, 9.17) is 59.8 Å². The van der Waals surface area contributed by atoms with Crippen LogP contribution in [-0.4, -0.2) is 64.8 Å². The molecule has 0 N–H and O–H groups in total. The van der Waals surface area contributed by atoms with Crippen LogP contribution in [0.3, 0.4) is 0 Å². The van der Waals surface area contributed by atoms with Gasteiger partial charge in [0.25, 0.3) is 0 Å². The third kappa shape index (κ3) is 17.3. The summed E-state index contributed by atoms with van der Waals surface area (Å²) in [5, 5.41) is 26.7. The van der Waals surface area contributed by atoms with Crippen molar-refractivity contribution in [1.82, 2.24) is 64.8 Å². The third-order valence-electron chi connectivity index (χ3n) is 26.8. The molecule has 0 spiro atoms. The van der Waals surface area contributed by atoms with Crippen molar-refractivity contribution < 1.29 is 0 Å². The Morgan fingerprint density at radius 3 is 0.671 bits per heavy atom. The summed E-state index contributed by atoms with van der Waals surface area (Å²) in [6.07, 6.45) is 3.69. The monoisotopic (exact) mass is 1860 g/mol. The Balaban J connectivity index is 0.000000114. The van der Waals surface area contributed by atoms with Crippen LogP contribution in [0.25, 0.3) is 267 Å². The van der Waals surface area contributed by atoms with Crippen molar-refractivity contribution in [3.63, 3.8) is 0 Å². The summed E-state index contributed by atoms with van der Waals surface area (Å²) in [4.78, 5) is 65.0. The first-order valence-corrected chi connectivity index (χ1v) is 48.4. The van der Waals surface area contributed by atoms with Crippen LogP contribution in [0.5, 0.6) is 0 Å². The summed E-state index contributed by atoms with van der Waals surface area (Å²) in [7, 11) is 0. The van der Waals surface area contributed by atoms with E-state index < -0.39 is 0 Å². The fourth-order valence-corrected chi connectivity index (χ4v) is 19.7. The van der Waals surface area contributed by atoms with Gasteiger partial charge in [0.05, 0.1) is 45.3 Å². The van der Waals surface area contributed by atoms with Crippen molar-refractivity contribution in [2.45, 2.75) is 0 Å². The zero-order valence-electron chi connectivity index (χ0n) is 78.6. The molecule has 0 atom stereocenters. The van der Waals surface area contributed by atoms with Crippen LogP contribution in [-0.2, 0) is 0 Å². The second-order valence-electron chi connectivity index (χ2n) is 35.9. The van der Waals surface area contributed by atoms with E-state index in [0.29, 0.717) is 58.0 Å². The topological polar surface area (TPSA) is 191 Å². The van der Waals surface area contributed by atoms with E-state index in [1.165, 1.54) is 48.7 Å². The molecule has 20 aromatic carbocycles. The smallest absolute Gasteiger partial charge is 0.164 e. The number of hydrogen-bond donors (Lipinski definition) is 0. The van der Waals surface area contributed by atoms with Gasteiger partial charge < -0.3 is 0 Å². The number of fused-ring (bicyclic) bond motifs is 15. The minimum Gasteiger partial charge on any atom is -0.264 e. The van der Waals surface area contributed by atoms with E-state index >= 15 is 0 Å². The minimum atomic E-state index is 0.596. The molecule has 7 aromatic heterocycles. The molecule has 14 heteroatoms. The molecule has 0 bridgehead atoms. The van der Waals surface area contributed by atoms with Crippen LogP contribution in [0.2, 0.25) is 0 Å². The lowest BCUT2D eigenvalue weighted by atomic mass is 9.93. The number of pyridine rings is 4. The third-order valence-corrected chi connectivity index (χ3v) is 26.8. The molecular weight excluding hydrogens is 1780 g/mol. The Hall–Kier alpha value is -20.1. The molecular formula is C132H82N14. The molecule has 27 aromatic rings. The number of nitrogens with zero attached hydrogens (tertiary/aromatic N) is 14. The predicted molar refractivity (Wildman–Crippen MR) is 594 cm³/mol. The van der Waals surface area contributed by atoms with Crippen LogP contribution in [0, 0.1) is 11.3 Å². The zero-order chi connectivity index (χ0) is 97.2. The van der Waals surface area contributed by atoms with Crippen LogP contribution in [0.1, 0.15) is 5.56 Å². The van der Waals surface area contributed by atoms with E-state index in [9.17, 15) is 5.26 Å². The quantitative estimate of drug-likeness (QED) is 0.0881. The molecule has 7 heterocycles. The van der Waals surface area contributed by atoms with E-state index in [-0.39, 0.29) is 0 Å². The molecule has 0 amide bonds. The van der Waals surface area contributed by atoms with Gasteiger partial charge in [-0.3, -0.25) is 4.98 Å². The normalized spacial score (nSPS) is 11.3. The Labute approximate surface area is 840 Å². The highest BCUT2D eigenvalue weighted by molar-refractivity contribution is 6.26. The Kier molecular flexibility index (Phi) is 23.1. The number of aromatic nitrogens is 13. The number of rotatable bonds is 15. The van der Waals surface area contributed by atoms with Crippen molar-refractivity contribution >= 4 is 97.3 Å². The summed E-state index contributed by atoms with van der Waals surface area (Å²) >= 11 is 0. The molecule has 0 fully saturated rings. The van der Waals surface area contributed by atoms with E-state index in [2.05, 4.69) is 266 Å². The van der Waals surface area contributed by atoms with Crippen molar-refractivity contribution in [3.8, 4) is 176 Å². The maximum atomic E-state index is 9.32. The number of benzene rings is 20. The molecule has 0 saturated heterocycles. The van der Waals surface area contributed by atoms with Crippen LogP contribution >= 0.6 is 0 Å². The molecule has 146 heavy (non-hydrogen) atoms. The lowest BCUT2D eigenvalue weighted by Crippen LogP contribution is -2.00. The second kappa shape index (κ2) is 38.6. The summed E-state index contributed by atoms with van der Waals surface area (Å²) in [6.45, 7) is 0. The average molecular weight is 1860 g/mol. The van der Waals surface area contributed by atoms with Gasteiger partial charge in [0.2, 0.25) is 0 Å². The summed E-state index contributed by atoms with van der Waals surface area (Å²) in [5.74, 6) is 5.61. The molecule has 0 radical (unpaired) electrons. The van der Waals surface area contributed by atoms with Gasteiger partial charge in [-0.1, -0.05) is 431 Å². The van der Waals surface area contributed by atoms with Gasteiger partial charge in [0.15, 0.2) is 52.4 Å². The Morgan fingerprint density at radius 2 is 0.384 bits per heavy atom. The number of hydrogen-bond acceptors (Lipinski definition) is 14. The summed E-state index contributed by atoms with van der Waals surface area (Å²) in [5.41, 5.74) is 23.9. The van der Waals surface area contributed by atoms with Crippen LogP contribution in [0.4, 0.5) is 0 Å². The first-order valence-electron chi connectivity index (χ1n) is 48.4. The highest BCUT2D eigenvalue weighted by Gasteiger charge is 2.24.